The highest BCUT2D eigenvalue weighted by Crippen LogP contribution is 2.24. The Morgan fingerprint density at radius 1 is 1.05 bits per heavy atom. The van der Waals surface area contributed by atoms with Gasteiger partial charge in [0, 0.05) is 6.20 Å². The molecule has 0 amide bonds. The van der Waals surface area contributed by atoms with Crippen molar-refractivity contribution in [3.63, 3.8) is 0 Å². The molecule has 4 nitrogen and oxygen atoms in total. The van der Waals surface area contributed by atoms with Crippen LogP contribution in [0.5, 0.6) is 0 Å². The Labute approximate surface area is 122 Å². The number of rotatable bonds is 1. The van der Waals surface area contributed by atoms with Gasteiger partial charge in [-0.25, -0.2) is 9.67 Å². The lowest BCUT2D eigenvalue weighted by atomic mass is 9.87. The van der Waals surface area contributed by atoms with E-state index in [0.29, 0.717) is 5.65 Å². The second-order valence-electron chi connectivity index (χ2n) is 5.77. The standard InChI is InChI=1S/C15H15ClN4/c1-15(2,3)11-4-6-12(7-5-11)20-13-10(9-18-20)8-17-14(16)19-13/h4-9H,1-3H3. The fourth-order valence-corrected chi connectivity index (χ4v) is 2.22. The van der Waals surface area contributed by atoms with E-state index < -0.39 is 0 Å². The van der Waals surface area contributed by atoms with Crippen molar-refractivity contribution in [1.29, 1.82) is 0 Å². The van der Waals surface area contributed by atoms with Gasteiger partial charge >= 0.3 is 0 Å². The summed E-state index contributed by atoms with van der Waals surface area (Å²) in [4.78, 5) is 8.20. The van der Waals surface area contributed by atoms with Crippen LogP contribution in [0.15, 0.2) is 36.7 Å². The van der Waals surface area contributed by atoms with E-state index in [2.05, 4.69) is 48.0 Å². The summed E-state index contributed by atoms with van der Waals surface area (Å²) < 4.78 is 1.77. The van der Waals surface area contributed by atoms with Crippen LogP contribution in [0.2, 0.25) is 5.28 Å². The van der Waals surface area contributed by atoms with E-state index >= 15 is 0 Å². The van der Waals surface area contributed by atoms with Gasteiger partial charge in [-0.3, -0.25) is 0 Å². The van der Waals surface area contributed by atoms with Crippen LogP contribution in [0, 0.1) is 0 Å². The molecule has 0 atom stereocenters. The Bertz CT molecular complexity index is 754. The number of hydrogen-bond donors (Lipinski definition) is 0. The first-order valence-electron chi connectivity index (χ1n) is 6.42. The highest BCUT2D eigenvalue weighted by molar-refractivity contribution is 6.28. The number of benzene rings is 1. The van der Waals surface area contributed by atoms with Crippen molar-refractivity contribution in [1.82, 2.24) is 19.7 Å². The molecule has 0 fully saturated rings. The minimum Gasteiger partial charge on any atom is -0.226 e. The molecule has 2 aromatic heterocycles. The molecule has 0 spiro atoms. The molecule has 0 saturated heterocycles. The van der Waals surface area contributed by atoms with Crippen molar-refractivity contribution < 1.29 is 0 Å². The van der Waals surface area contributed by atoms with Crippen LogP contribution < -0.4 is 0 Å². The van der Waals surface area contributed by atoms with Crippen molar-refractivity contribution in [2.24, 2.45) is 0 Å². The van der Waals surface area contributed by atoms with Gasteiger partial charge in [0.05, 0.1) is 17.3 Å². The van der Waals surface area contributed by atoms with Gasteiger partial charge in [-0.05, 0) is 34.7 Å². The van der Waals surface area contributed by atoms with Crippen LogP contribution in [0.4, 0.5) is 0 Å². The lowest BCUT2D eigenvalue weighted by Gasteiger charge is -2.19. The van der Waals surface area contributed by atoms with Gasteiger partial charge in [0.2, 0.25) is 5.28 Å². The molecule has 0 N–H and O–H groups in total. The van der Waals surface area contributed by atoms with E-state index in [0.717, 1.165) is 11.1 Å². The summed E-state index contributed by atoms with van der Waals surface area (Å²) in [5, 5.41) is 5.45. The molecule has 2 heterocycles. The fraction of sp³-hybridized carbons (Fsp3) is 0.267. The maximum Gasteiger partial charge on any atom is 0.224 e. The van der Waals surface area contributed by atoms with E-state index in [1.54, 1.807) is 17.1 Å². The van der Waals surface area contributed by atoms with Gasteiger partial charge < -0.3 is 0 Å². The normalized spacial score (nSPS) is 12.0. The molecule has 0 aliphatic carbocycles. The molecule has 0 aliphatic heterocycles. The topological polar surface area (TPSA) is 43.6 Å². The summed E-state index contributed by atoms with van der Waals surface area (Å²) in [6, 6.07) is 8.32. The predicted octanol–water partition coefficient (Wildman–Crippen LogP) is 3.77. The first-order chi connectivity index (χ1) is 9.45. The quantitative estimate of drug-likeness (QED) is 0.640. The lowest BCUT2D eigenvalue weighted by Crippen LogP contribution is -2.11. The Hall–Kier alpha value is -1.94. The number of hydrogen-bond acceptors (Lipinski definition) is 3. The van der Waals surface area contributed by atoms with Crippen LogP contribution >= 0.6 is 11.6 Å². The summed E-state index contributed by atoms with van der Waals surface area (Å²) >= 11 is 5.86. The summed E-state index contributed by atoms with van der Waals surface area (Å²) in [7, 11) is 0. The maximum absolute atomic E-state index is 5.86. The van der Waals surface area contributed by atoms with Crippen LogP contribution in [-0.2, 0) is 5.41 Å². The molecule has 102 valence electrons. The highest BCUT2D eigenvalue weighted by Gasteiger charge is 2.14. The van der Waals surface area contributed by atoms with Gasteiger partial charge in [0.1, 0.15) is 0 Å². The lowest BCUT2D eigenvalue weighted by molar-refractivity contribution is 0.590. The molecule has 0 saturated carbocycles. The molecule has 0 unspecified atom stereocenters. The van der Waals surface area contributed by atoms with Crippen LogP contribution in [0.1, 0.15) is 26.3 Å². The Balaban J connectivity index is 2.09. The van der Waals surface area contributed by atoms with Crippen molar-refractivity contribution in [2.45, 2.75) is 26.2 Å². The average Bonchev–Trinajstić information content (AvgIpc) is 2.81. The third-order valence-electron chi connectivity index (χ3n) is 3.26. The van der Waals surface area contributed by atoms with E-state index in [9.17, 15) is 0 Å². The van der Waals surface area contributed by atoms with Gasteiger partial charge in [-0.1, -0.05) is 32.9 Å². The molecule has 3 rings (SSSR count). The number of aromatic nitrogens is 4. The first kappa shape index (κ1) is 13.1. The molecular formula is C15H15ClN4. The van der Waals surface area contributed by atoms with Crippen molar-refractivity contribution >= 4 is 22.6 Å². The second kappa shape index (κ2) is 4.56. The van der Waals surface area contributed by atoms with Crippen LogP contribution in [-0.4, -0.2) is 19.7 Å². The van der Waals surface area contributed by atoms with Crippen LogP contribution in [0.3, 0.4) is 0 Å². The van der Waals surface area contributed by atoms with E-state index in [1.165, 1.54) is 5.56 Å². The van der Waals surface area contributed by atoms with Crippen molar-refractivity contribution in [2.75, 3.05) is 0 Å². The summed E-state index contributed by atoms with van der Waals surface area (Å²) in [5.41, 5.74) is 3.09. The van der Waals surface area contributed by atoms with Crippen molar-refractivity contribution in [3.05, 3.63) is 47.5 Å². The largest absolute Gasteiger partial charge is 0.226 e. The van der Waals surface area contributed by atoms with Gasteiger partial charge in [-0.2, -0.15) is 10.1 Å². The number of nitrogens with zero attached hydrogens (tertiary/aromatic N) is 4. The Morgan fingerprint density at radius 3 is 2.40 bits per heavy atom. The molecule has 0 aliphatic rings. The summed E-state index contributed by atoms with van der Waals surface area (Å²) in [6.45, 7) is 6.58. The molecule has 5 heteroatoms. The first-order valence-corrected chi connectivity index (χ1v) is 6.80. The summed E-state index contributed by atoms with van der Waals surface area (Å²) in [5.74, 6) is 0. The van der Waals surface area contributed by atoms with E-state index in [1.807, 2.05) is 12.1 Å². The second-order valence-corrected chi connectivity index (χ2v) is 6.11. The third-order valence-corrected chi connectivity index (χ3v) is 3.44. The fourth-order valence-electron chi connectivity index (χ4n) is 2.09. The Kier molecular flexibility index (Phi) is 2.98. The van der Waals surface area contributed by atoms with Crippen LogP contribution in [0.25, 0.3) is 16.7 Å². The predicted molar refractivity (Wildman–Crippen MR) is 80.4 cm³/mol. The summed E-state index contributed by atoms with van der Waals surface area (Å²) in [6.07, 6.45) is 3.42. The number of halogens is 1. The van der Waals surface area contributed by atoms with Gasteiger partial charge in [0.15, 0.2) is 5.65 Å². The molecular weight excluding hydrogens is 272 g/mol. The van der Waals surface area contributed by atoms with E-state index in [4.69, 9.17) is 11.6 Å². The zero-order valence-corrected chi connectivity index (χ0v) is 12.4. The highest BCUT2D eigenvalue weighted by atomic mass is 35.5. The van der Waals surface area contributed by atoms with Gasteiger partial charge in [0.25, 0.3) is 0 Å². The zero-order chi connectivity index (χ0) is 14.3. The monoisotopic (exact) mass is 286 g/mol. The molecule has 1 aromatic carbocycles. The Morgan fingerprint density at radius 2 is 1.75 bits per heavy atom. The average molecular weight is 287 g/mol. The maximum atomic E-state index is 5.86. The minimum atomic E-state index is 0.135. The van der Waals surface area contributed by atoms with Gasteiger partial charge in [-0.15, -0.1) is 0 Å². The smallest absolute Gasteiger partial charge is 0.224 e. The molecule has 20 heavy (non-hydrogen) atoms. The SMILES string of the molecule is CC(C)(C)c1ccc(-n2ncc3cnc(Cl)nc32)cc1. The minimum absolute atomic E-state index is 0.135. The molecule has 0 radical (unpaired) electrons. The molecule has 0 bridgehead atoms. The van der Waals surface area contributed by atoms with Crippen molar-refractivity contribution in [3.8, 4) is 5.69 Å². The van der Waals surface area contributed by atoms with E-state index in [-0.39, 0.29) is 10.7 Å². The zero-order valence-electron chi connectivity index (χ0n) is 11.6. The number of fused-ring (bicyclic) bond motifs is 1. The third kappa shape index (κ3) is 2.27. The molecule has 3 aromatic rings.